The quantitative estimate of drug-likeness (QED) is 0.247. The van der Waals surface area contributed by atoms with E-state index in [1.54, 1.807) is 6.07 Å². The van der Waals surface area contributed by atoms with Crippen LogP contribution < -0.4 is 19.8 Å². The van der Waals surface area contributed by atoms with E-state index in [-0.39, 0.29) is 11.9 Å². The summed E-state index contributed by atoms with van der Waals surface area (Å²) < 4.78 is 23.2. The smallest absolute Gasteiger partial charge is 0.383 e. The lowest BCUT2D eigenvalue weighted by atomic mass is 10.2. The minimum absolute atomic E-state index is 0.0456. The molecule has 0 bridgehead atoms. The molecule has 5 nitrogen and oxygen atoms in total. The van der Waals surface area contributed by atoms with E-state index in [1.165, 1.54) is 0 Å². The number of allylic oxidation sites excluding steroid dienone is 2. The Balaban J connectivity index is 2.39. The van der Waals surface area contributed by atoms with Gasteiger partial charge in [-0.3, -0.25) is 0 Å². The molecule has 0 radical (unpaired) electrons. The van der Waals surface area contributed by atoms with Gasteiger partial charge in [-0.2, -0.15) is 0 Å². The second-order valence-corrected chi connectivity index (χ2v) is 6.88. The molecule has 29 heavy (non-hydrogen) atoms. The Bertz CT molecular complexity index is 877. The van der Waals surface area contributed by atoms with Crippen LogP contribution in [-0.2, 0) is 0 Å². The number of ether oxygens (including phenoxy) is 3. The van der Waals surface area contributed by atoms with Crippen LogP contribution in [0, 0.1) is 0 Å². The molecule has 1 heterocycles. The van der Waals surface area contributed by atoms with Crippen molar-refractivity contribution in [2.75, 3.05) is 13.2 Å². The van der Waals surface area contributed by atoms with Crippen LogP contribution in [0.5, 0.6) is 17.2 Å². The average molecular weight is 401 g/mol. The zero-order valence-corrected chi connectivity index (χ0v) is 17.9. The Kier molecular flexibility index (Phi) is 9.35. The first kappa shape index (κ1) is 22.6. The first-order valence-electron chi connectivity index (χ1n) is 10.4. The van der Waals surface area contributed by atoms with Crippen molar-refractivity contribution in [1.29, 1.82) is 0 Å². The summed E-state index contributed by atoms with van der Waals surface area (Å²) in [5.74, 6) is 1.04. The number of benzene rings is 1. The van der Waals surface area contributed by atoms with Gasteiger partial charge in [0.15, 0.2) is 17.1 Å². The van der Waals surface area contributed by atoms with Crippen molar-refractivity contribution in [2.24, 2.45) is 0 Å². The molecule has 1 aromatic carbocycles. The van der Waals surface area contributed by atoms with Gasteiger partial charge in [-0.25, -0.2) is 4.79 Å². The standard InChI is InChI=1S/C24H32O5/c1-5-7-9-11-16-26-22-19-14-13-15-20(28-18(3)4)21(19)29-24(25)23(22)27-17-12-10-8-6-2/h7-10,13-15,18H,5-6,11-12,16-17H2,1-4H3. The van der Waals surface area contributed by atoms with Gasteiger partial charge < -0.3 is 18.6 Å². The normalized spacial score (nSPS) is 11.8. The van der Waals surface area contributed by atoms with Crippen molar-refractivity contribution < 1.29 is 18.6 Å². The maximum Gasteiger partial charge on any atom is 0.383 e. The number of para-hydroxylation sites is 1. The van der Waals surface area contributed by atoms with Gasteiger partial charge in [0.05, 0.1) is 24.7 Å². The Hall–Kier alpha value is -2.69. The second-order valence-electron chi connectivity index (χ2n) is 6.88. The van der Waals surface area contributed by atoms with Gasteiger partial charge in [0.25, 0.3) is 0 Å². The summed E-state index contributed by atoms with van der Waals surface area (Å²) in [7, 11) is 0. The molecule has 0 saturated carbocycles. The summed E-state index contributed by atoms with van der Waals surface area (Å²) in [6.07, 6.45) is 11.6. The summed E-state index contributed by atoms with van der Waals surface area (Å²) in [5, 5.41) is 0.668. The van der Waals surface area contributed by atoms with Gasteiger partial charge in [0.2, 0.25) is 5.75 Å². The van der Waals surface area contributed by atoms with Crippen LogP contribution in [-0.4, -0.2) is 19.3 Å². The van der Waals surface area contributed by atoms with E-state index in [4.69, 9.17) is 18.6 Å². The predicted octanol–water partition coefficient (Wildman–Crippen LogP) is 6.05. The molecule has 0 atom stereocenters. The highest BCUT2D eigenvalue weighted by Gasteiger charge is 2.20. The first-order chi connectivity index (χ1) is 14.1. The fraction of sp³-hybridized carbons (Fsp3) is 0.458. The molecule has 5 heteroatoms. The van der Waals surface area contributed by atoms with Crippen LogP contribution >= 0.6 is 0 Å². The summed E-state index contributed by atoms with van der Waals surface area (Å²) in [5.41, 5.74) is -0.181. The molecule has 0 aliphatic carbocycles. The monoisotopic (exact) mass is 400 g/mol. The molecule has 2 aromatic rings. The van der Waals surface area contributed by atoms with Crippen LogP contribution in [0.4, 0.5) is 0 Å². The van der Waals surface area contributed by atoms with Crippen LogP contribution in [0.25, 0.3) is 11.0 Å². The third-order valence-corrected chi connectivity index (χ3v) is 4.04. The van der Waals surface area contributed by atoms with Gasteiger partial charge in [0.1, 0.15) is 0 Å². The molecule has 0 saturated heterocycles. The summed E-state index contributed by atoms with van der Waals surface area (Å²) >= 11 is 0. The Morgan fingerprint density at radius 3 is 2.14 bits per heavy atom. The van der Waals surface area contributed by atoms with Gasteiger partial charge in [-0.15, -0.1) is 0 Å². The molecule has 0 unspecified atom stereocenters. The topological polar surface area (TPSA) is 57.9 Å². The average Bonchev–Trinajstić information content (AvgIpc) is 2.69. The molecule has 0 spiro atoms. The zero-order chi connectivity index (χ0) is 21.1. The van der Waals surface area contributed by atoms with E-state index in [0.717, 1.165) is 19.3 Å². The predicted molar refractivity (Wildman–Crippen MR) is 117 cm³/mol. The fourth-order valence-electron chi connectivity index (χ4n) is 2.80. The van der Waals surface area contributed by atoms with E-state index in [1.807, 2.05) is 32.1 Å². The summed E-state index contributed by atoms with van der Waals surface area (Å²) in [6, 6.07) is 5.50. The van der Waals surface area contributed by atoms with Crippen molar-refractivity contribution >= 4 is 11.0 Å². The molecular weight excluding hydrogens is 368 g/mol. The molecule has 1 aromatic heterocycles. The molecule has 158 valence electrons. The molecule has 0 fully saturated rings. The van der Waals surface area contributed by atoms with Crippen molar-refractivity contribution in [3.63, 3.8) is 0 Å². The van der Waals surface area contributed by atoms with Gasteiger partial charge in [-0.1, -0.05) is 44.2 Å². The van der Waals surface area contributed by atoms with Crippen LogP contribution in [0.3, 0.4) is 0 Å². The molecule has 0 aliphatic rings. The highest BCUT2D eigenvalue weighted by Crippen LogP contribution is 2.37. The highest BCUT2D eigenvalue weighted by atomic mass is 16.5. The van der Waals surface area contributed by atoms with E-state index in [9.17, 15) is 4.79 Å². The van der Waals surface area contributed by atoms with Gasteiger partial charge >= 0.3 is 5.63 Å². The second kappa shape index (κ2) is 12.0. The van der Waals surface area contributed by atoms with Gasteiger partial charge in [-0.05, 0) is 51.7 Å². The minimum Gasteiger partial charge on any atom is -0.488 e. The number of hydrogen-bond donors (Lipinski definition) is 0. The lowest BCUT2D eigenvalue weighted by Gasteiger charge is -2.16. The molecule has 0 amide bonds. The lowest BCUT2D eigenvalue weighted by Crippen LogP contribution is -2.12. The fourth-order valence-corrected chi connectivity index (χ4v) is 2.80. The zero-order valence-electron chi connectivity index (χ0n) is 17.9. The molecule has 2 rings (SSSR count). The van der Waals surface area contributed by atoms with E-state index in [0.29, 0.717) is 42.1 Å². The van der Waals surface area contributed by atoms with Gasteiger partial charge in [0, 0.05) is 0 Å². The van der Waals surface area contributed by atoms with Crippen LogP contribution in [0.1, 0.15) is 53.4 Å². The Morgan fingerprint density at radius 1 is 0.931 bits per heavy atom. The van der Waals surface area contributed by atoms with Crippen molar-refractivity contribution in [3.8, 4) is 17.2 Å². The highest BCUT2D eigenvalue weighted by molar-refractivity contribution is 5.89. The maximum atomic E-state index is 12.7. The maximum absolute atomic E-state index is 12.7. The molecular formula is C24H32O5. The largest absolute Gasteiger partial charge is 0.488 e. The third kappa shape index (κ3) is 6.70. The number of fused-ring (bicyclic) bond motifs is 1. The van der Waals surface area contributed by atoms with Crippen molar-refractivity contribution in [3.05, 3.63) is 52.9 Å². The number of rotatable bonds is 12. The lowest BCUT2D eigenvalue weighted by molar-refractivity contribution is 0.239. The number of hydrogen-bond acceptors (Lipinski definition) is 5. The van der Waals surface area contributed by atoms with E-state index in [2.05, 4.69) is 32.1 Å². The van der Waals surface area contributed by atoms with Crippen molar-refractivity contribution in [1.82, 2.24) is 0 Å². The summed E-state index contributed by atoms with van der Waals surface area (Å²) in [4.78, 5) is 12.7. The van der Waals surface area contributed by atoms with Crippen LogP contribution in [0.2, 0.25) is 0 Å². The summed E-state index contributed by atoms with van der Waals surface area (Å²) in [6.45, 7) is 8.83. The first-order valence-corrected chi connectivity index (χ1v) is 10.4. The Morgan fingerprint density at radius 2 is 1.55 bits per heavy atom. The molecule has 0 aliphatic heterocycles. The Labute approximate surface area is 173 Å². The van der Waals surface area contributed by atoms with E-state index >= 15 is 0 Å². The third-order valence-electron chi connectivity index (χ3n) is 4.04. The van der Waals surface area contributed by atoms with E-state index < -0.39 is 5.63 Å². The minimum atomic E-state index is -0.559. The van der Waals surface area contributed by atoms with Crippen molar-refractivity contribution in [2.45, 2.75) is 59.5 Å². The van der Waals surface area contributed by atoms with Crippen LogP contribution in [0.15, 0.2) is 51.7 Å². The molecule has 0 N–H and O–H groups in total. The SMILES string of the molecule is CCC=CCCOc1c(OCCC=CCC)c2cccc(OC(C)C)c2oc1=O.